The zero-order chi connectivity index (χ0) is 23.8. The van der Waals surface area contributed by atoms with Crippen LogP contribution in [-0.4, -0.2) is 0 Å². The zero-order valence-corrected chi connectivity index (χ0v) is 21.4. The highest BCUT2D eigenvalue weighted by Gasteiger charge is 2.12. The molecule has 0 aliphatic rings. The Morgan fingerprint density at radius 1 is 0.647 bits per heavy atom. The minimum absolute atomic E-state index is 1.16. The Kier molecular flexibility index (Phi) is 8.38. The topological polar surface area (TPSA) is 3.24 Å². The molecule has 0 saturated heterocycles. The van der Waals surface area contributed by atoms with Gasteiger partial charge >= 0.3 is 0 Å². The van der Waals surface area contributed by atoms with E-state index in [1.54, 1.807) is 0 Å². The van der Waals surface area contributed by atoms with Gasteiger partial charge in [-0.25, -0.2) is 0 Å². The maximum absolute atomic E-state index is 2.32. The molecule has 0 aliphatic carbocycles. The summed E-state index contributed by atoms with van der Waals surface area (Å²) in [5.41, 5.74) is 8.75. The summed E-state index contributed by atoms with van der Waals surface area (Å²) in [6, 6.07) is 28.7. The Labute approximate surface area is 209 Å². The van der Waals surface area contributed by atoms with Gasteiger partial charge in [-0.3, -0.25) is 0 Å². The summed E-state index contributed by atoms with van der Waals surface area (Å²) < 4.78 is 0. The predicted molar refractivity (Wildman–Crippen MR) is 152 cm³/mol. The fraction of sp³-hybridized carbons (Fsp3) is 0.250. The quantitative estimate of drug-likeness (QED) is 0.211. The summed E-state index contributed by atoms with van der Waals surface area (Å²) in [5.74, 6) is 0. The SMILES string of the molecule is CCCCCCc1ccsc1C=Cc1ccc(N(c2ccc(C)cc2)c2ccc(C)cc2)cc1. The highest BCUT2D eigenvalue weighted by Crippen LogP contribution is 2.35. The maximum Gasteiger partial charge on any atom is 0.0462 e. The van der Waals surface area contributed by atoms with Crippen LogP contribution in [0.15, 0.2) is 84.2 Å². The lowest BCUT2D eigenvalue weighted by molar-refractivity contribution is 0.667. The average Bonchev–Trinajstić information content (AvgIpc) is 3.31. The minimum Gasteiger partial charge on any atom is -0.311 e. The Balaban J connectivity index is 1.53. The van der Waals surface area contributed by atoms with E-state index >= 15 is 0 Å². The van der Waals surface area contributed by atoms with Gasteiger partial charge < -0.3 is 4.90 Å². The molecular weight excluding hydrogens is 430 g/mol. The van der Waals surface area contributed by atoms with Gasteiger partial charge in [0.05, 0.1) is 0 Å². The first-order valence-corrected chi connectivity index (χ1v) is 13.3. The first kappa shape index (κ1) is 24.0. The lowest BCUT2D eigenvalue weighted by atomic mass is 10.1. The van der Waals surface area contributed by atoms with E-state index in [1.807, 2.05) is 11.3 Å². The molecule has 0 aliphatic heterocycles. The number of unbranched alkanes of at least 4 members (excludes halogenated alkanes) is 3. The molecule has 1 aromatic heterocycles. The van der Waals surface area contributed by atoms with Crippen LogP contribution in [0.1, 0.15) is 59.7 Å². The van der Waals surface area contributed by atoms with Crippen LogP contribution in [-0.2, 0) is 6.42 Å². The summed E-state index contributed by atoms with van der Waals surface area (Å²) in [7, 11) is 0. The van der Waals surface area contributed by atoms with E-state index in [4.69, 9.17) is 0 Å². The van der Waals surface area contributed by atoms with Crippen molar-refractivity contribution in [1.82, 2.24) is 0 Å². The van der Waals surface area contributed by atoms with Crippen molar-refractivity contribution in [3.63, 3.8) is 0 Å². The fourth-order valence-electron chi connectivity index (χ4n) is 4.18. The molecule has 3 aromatic carbocycles. The van der Waals surface area contributed by atoms with Crippen molar-refractivity contribution in [3.05, 3.63) is 111 Å². The Hall–Kier alpha value is -3.10. The number of aryl methyl sites for hydroxylation is 3. The first-order chi connectivity index (χ1) is 16.6. The molecule has 4 aromatic rings. The van der Waals surface area contributed by atoms with Crippen LogP contribution in [0.25, 0.3) is 12.2 Å². The van der Waals surface area contributed by atoms with Crippen molar-refractivity contribution < 1.29 is 0 Å². The molecule has 2 heteroatoms. The third kappa shape index (κ3) is 6.27. The second-order valence-corrected chi connectivity index (χ2v) is 10.00. The third-order valence-corrected chi connectivity index (χ3v) is 7.17. The van der Waals surface area contributed by atoms with Crippen LogP contribution in [0.2, 0.25) is 0 Å². The molecule has 4 rings (SSSR count). The van der Waals surface area contributed by atoms with Gasteiger partial charge in [-0.2, -0.15) is 0 Å². The van der Waals surface area contributed by atoms with Gasteiger partial charge in [0, 0.05) is 21.9 Å². The number of benzene rings is 3. The van der Waals surface area contributed by atoms with Crippen molar-refractivity contribution in [2.75, 3.05) is 4.90 Å². The van der Waals surface area contributed by atoms with E-state index in [2.05, 4.69) is 122 Å². The highest BCUT2D eigenvalue weighted by molar-refractivity contribution is 7.11. The standard InChI is InChI=1S/C32H35NS/c1-4-5-6-7-8-28-23-24-34-32(28)22-15-27-13-20-31(21-14-27)33(29-16-9-25(2)10-17-29)30-18-11-26(3)12-19-30/h9-24H,4-8H2,1-3H3. The Morgan fingerprint density at radius 2 is 1.21 bits per heavy atom. The molecule has 0 radical (unpaired) electrons. The largest absolute Gasteiger partial charge is 0.311 e. The van der Waals surface area contributed by atoms with Gasteiger partial charge in [0.2, 0.25) is 0 Å². The smallest absolute Gasteiger partial charge is 0.0462 e. The van der Waals surface area contributed by atoms with Gasteiger partial charge in [0.25, 0.3) is 0 Å². The molecule has 1 nitrogen and oxygen atoms in total. The van der Waals surface area contributed by atoms with Crippen molar-refractivity contribution in [3.8, 4) is 0 Å². The zero-order valence-electron chi connectivity index (χ0n) is 20.6. The second-order valence-electron chi connectivity index (χ2n) is 9.05. The van der Waals surface area contributed by atoms with E-state index in [9.17, 15) is 0 Å². The number of nitrogens with zero attached hydrogens (tertiary/aromatic N) is 1. The van der Waals surface area contributed by atoms with E-state index in [0.29, 0.717) is 0 Å². The van der Waals surface area contributed by atoms with Crippen LogP contribution in [0.3, 0.4) is 0 Å². The number of anilines is 3. The maximum atomic E-state index is 2.32. The fourth-order valence-corrected chi connectivity index (χ4v) is 5.03. The van der Waals surface area contributed by atoms with Crippen LogP contribution < -0.4 is 4.90 Å². The van der Waals surface area contributed by atoms with Gasteiger partial charge in [-0.15, -0.1) is 11.3 Å². The van der Waals surface area contributed by atoms with Gasteiger partial charge in [0.15, 0.2) is 0 Å². The van der Waals surface area contributed by atoms with Crippen molar-refractivity contribution >= 4 is 40.6 Å². The van der Waals surface area contributed by atoms with Crippen LogP contribution >= 0.6 is 11.3 Å². The average molecular weight is 466 g/mol. The van der Waals surface area contributed by atoms with Crippen LogP contribution in [0, 0.1) is 13.8 Å². The third-order valence-electron chi connectivity index (χ3n) is 6.24. The van der Waals surface area contributed by atoms with Crippen molar-refractivity contribution in [2.24, 2.45) is 0 Å². The molecule has 34 heavy (non-hydrogen) atoms. The number of hydrogen-bond donors (Lipinski definition) is 0. The molecule has 0 atom stereocenters. The highest BCUT2D eigenvalue weighted by atomic mass is 32.1. The lowest BCUT2D eigenvalue weighted by Crippen LogP contribution is -2.09. The predicted octanol–water partition coefficient (Wildman–Crippen LogP) is 10.1. The summed E-state index contributed by atoms with van der Waals surface area (Å²) in [5, 5.41) is 2.22. The normalized spacial score (nSPS) is 11.3. The van der Waals surface area contributed by atoms with Gasteiger partial charge in [-0.05, 0) is 91.7 Å². The molecule has 0 unspecified atom stereocenters. The molecule has 0 fully saturated rings. The number of rotatable bonds is 10. The van der Waals surface area contributed by atoms with E-state index in [0.717, 1.165) is 5.69 Å². The summed E-state index contributed by atoms with van der Waals surface area (Å²) in [6.07, 6.45) is 11.0. The van der Waals surface area contributed by atoms with Gasteiger partial charge in [0.1, 0.15) is 0 Å². The molecule has 174 valence electrons. The second kappa shape index (κ2) is 11.9. The molecule has 0 bridgehead atoms. The molecular formula is C32H35NS. The first-order valence-electron chi connectivity index (χ1n) is 12.4. The summed E-state index contributed by atoms with van der Waals surface area (Å²) in [6.45, 7) is 6.53. The molecule has 0 saturated carbocycles. The van der Waals surface area contributed by atoms with Crippen LogP contribution in [0.4, 0.5) is 17.1 Å². The van der Waals surface area contributed by atoms with E-state index in [-0.39, 0.29) is 0 Å². The summed E-state index contributed by atoms with van der Waals surface area (Å²) >= 11 is 1.84. The molecule has 1 heterocycles. The van der Waals surface area contributed by atoms with Gasteiger partial charge in [-0.1, -0.05) is 79.8 Å². The monoisotopic (exact) mass is 465 g/mol. The van der Waals surface area contributed by atoms with E-state index in [1.165, 1.54) is 70.6 Å². The Bertz CT molecular complexity index is 1140. The molecule has 0 amide bonds. The molecule has 0 N–H and O–H groups in total. The molecule has 0 spiro atoms. The number of hydrogen-bond acceptors (Lipinski definition) is 2. The lowest BCUT2D eigenvalue weighted by Gasteiger charge is -2.25. The van der Waals surface area contributed by atoms with Crippen molar-refractivity contribution in [2.45, 2.75) is 52.9 Å². The summed E-state index contributed by atoms with van der Waals surface area (Å²) in [4.78, 5) is 3.71. The van der Waals surface area contributed by atoms with Crippen molar-refractivity contribution in [1.29, 1.82) is 0 Å². The van der Waals surface area contributed by atoms with E-state index < -0.39 is 0 Å². The Morgan fingerprint density at radius 3 is 1.76 bits per heavy atom. The number of thiophene rings is 1. The minimum atomic E-state index is 1.16. The van der Waals surface area contributed by atoms with Crippen LogP contribution in [0.5, 0.6) is 0 Å².